The van der Waals surface area contributed by atoms with E-state index in [9.17, 15) is 0 Å². The molecule has 3 heteroatoms. The molecule has 1 N–H and O–H groups in total. The van der Waals surface area contributed by atoms with Gasteiger partial charge in [0.1, 0.15) is 5.82 Å². The summed E-state index contributed by atoms with van der Waals surface area (Å²) in [6, 6.07) is 14.1. The zero-order valence-electron chi connectivity index (χ0n) is 9.87. The summed E-state index contributed by atoms with van der Waals surface area (Å²) in [5.41, 5.74) is 2.09. The van der Waals surface area contributed by atoms with Gasteiger partial charge in [-0.25, -0.2) is 4.98 Å². The molecule has 1 aromatic carbocycles. The average molecular weight is 228 g/mol. The second kappa shape index (κ2) is 5.46. The lowest BCUT2D eigenvalue weighted by molar-refractivity contribution is 0.281. The van der Waals surface area contributed by atoms with Crippen LogP contribution in [-0.2, 0) is 13.2 Å². The largest absolute Gasteiger partial charge is 0.392 e. The Morgan fingerprint density at radius 1 is 1.06 bits per heavy atom. The fourth-order valence-corrected chi connectivity index (χ4v) is 1.67. The van der Waals surface area contributed by atoms with Gasteiger partial charge < -0.3 is 10.0 Å². The number of aliphatic hydroxyl groups excluding tert-OH is 1. The van der Waals surface area contributed by atoms with Crippen molar-refractivity contribution in [2.75, 3.05) is 11.9 Å². The SMILES string of the molecule is CN(Cc1ccccc1)c1ccc(CO)cn1. The van der Waals surface area contributed by atoms with Crippen LogP contribution in [0.2, 0.25) is 0 Å². The first-order valence-electron chi connectivity index (χ1n) is 5.60. The van der Waals surface area contributed by atoms with Crippen molar-refractivity contribution >= 4 is 5.82 Å². The topological polar surface area (TPSA) is 36.4 Å². The number of nitrogens with zero attached hydrogens (tertiary/aromatic N) is 2. The maximum absolute atomic E-state index is 8.95. The molecule has 0 aliphatic carbocycles. The molecule has 0 radical (unpaired) electrons. The van der Waals surface area contributed by atoms with Crippen LogP contribution in [0.1, 0.15) is 11.1 Å². The summed E-state index contributed by atoms with van der Waals surface area (Å²) >= 11 is 0. The minimum atomic E-state index is 0.0374. The van der Waals surface area contributed by atoms with Crippen LogP contribution >= 0.6 is 0 Å². The van der Waals surface area contributed by atoms with Gasteiger partial charge in [0.05, 0.1) is 6.61 Å². The van der Waals surface area contributed by atoms with E-state index in [4.69, 9.17) is 5.11 Å². The summed E-state index contributed by atoms with van der Waals surface area (Å²) in [6.45, 7) is 0.863. The summed E-state index contributed by atoms with van der Waals surface area (Å²) in [5, 5.41) is 8.95. The summed E-state index contributed by atoms with van der Waals surface area (Å²) in [5.74, 6) is 0.908. The summed E-state index contributed by atoms with van der Waals surface area (Å²) < 4.78 is 0. The molecule has 0 saturated heterocycles. The monoisotopic (exact) mass is 228 g/mol. The third kappa shape index (κ3) is 3.04. The summed E-state index contributed by atoms with van der Waals surface area (Å²) in [6.07, 6.45) is 1.71. The van der Waals surface area contributed by atoms with E-state index in [-0.39, 0.29) is 6.61 Å². The van der Waals surface area contributed by atoms with Crippen molar-refractivity contribution in [2.24, 2.45) is 0 Å². The molecule has 0 aliphatic heterocycles. The molecular formula is C14H16N2O. The molecule has 88 valence electrons. The predicted molar refractivity (Wildman–Crippen MR) is 68.7 cm³/mol. The lowest BCUT2D eigenvalue weighted by atomic mass is 10.2. The van der Waals surface area contributed by atoms with Gasteiger partial charge in [-0.15, -0.1) is 0 Å². The van der Waals surface area contributed by atoms with E-state index in [0.717, 1.165) is 17.9 Å². The highest BCUT2D eigenvalue weighted by Gasteiger charge is 2.03. The second-order valence-electron chi connectivity index (χ2n) is 4.02. The van der Waals surface area contributed by atoms with Gasteiger partial charge in [0.15, 0.2) is 0 Å². The number of aromatic nitrogens is 1. The number of hydrogen-bond donors (Lipinski definition) is 1. The first-order chi connectivity index (χ1) is 8.29. The van der Waals surface area contributed by atoms with Crippen molar-refractivity contribution in [1.29, 1.82) is 0 Å². The first kappa shape index (κ1) is 11.6. The molecule has 0 bridgehead atoms. The van der Waals surface area contributed by atoms with Crippen molar-refractivity contribution in [3.8, 4) is 0 Å². The van der Waals surface area contributed by atoms with Crippen LogP contribution < -0.4 is 4.90 Å². The lowest BCUT2D eigenvalue weighted by Crippen LogP contribution is -2.17. The number of benzene rings is 1. The number of pyridine rings is 1. The third-order valence-electron chi connectivity index (χ3n) is 2.65. The van der Waals surface area contributed by atoms with E-state index < -0.39 is 0 Å². The average Bonchev–Trinajstić information content (AvgIpc) is 2.40. The van der Waals surface area contributed by atoms with Crippen molar-refractivity contribution in [3.05, 3.63) is 59.8 Å². The van der Waals surface area contributed by atoms with Crippen LogP contribution in [0.25, 0.3) is 0 Å². The highest BCUT2D eigenvalue weighted by Crippen LogP contribution is 2.12. The molecule has 0 amide bonds. The Morgan fingerprint density at radius 2 is 1.82 bits per heavy atom. The molecule has 17 heavy (non-hydrogen) atoms. The molecule has 2 aromatic rings. The lowest BCUT2D eigenvalue weighted by Gasteiger charge is -2.18. The quantitative estimate of drug-likeness (QED) is 0.871. The van der Waals surface area contributed by atoms with E-state index in [1.165, 1.54) is 5.56 Å². The number of aliphatic hydroxyl groups is 1. The molecule has 1 heterocycles. The van der Waals surface area contributed by atoms with Gasteiger partial charge >= 0.3 is 0 Å². The summed E-state index contributed by atoms with van der Waals surface area (Å²) in [7, 11) is 2.01. The smallest absolute Gasteiger partial charge is 0.128 e. The fraction of sp³-hybridized carbons (Fsp3) is 0.214. The Kier molecular flexibility index (Phi) is 3.73. The van der Waals surface area contributed by atoms with Gasteiger partial charge in [-0.3, -0.25) is 0 Å². The van der Waals surface area contributed by atoms with Crippen LogP contribution in [0.3, 0.4) is 0 Å². The Labute approximate surface area is 101 Å². The number of rotatable bonds is 4. The molecule has 1 aromatic heterocycles. The molecule has 0 atom stereocenters. The Balaban J connectivity index is 2.06. The predicted octanol–water partition coefficient (Wildman–Crippen LogP) is 2.21. The van der Waals surface area contributed by atoms with Crippen molar-refractivity contribution in [3.63, 3.8) is 0 Å². The van der Waals surface area contributed by atoms with Crippen LogP contribution in [0.15, 0.2) is 48.7 Å². The fourth-order valence-electron chi connectivity index (χ4n) is 1.67. The van der Waals surface area contributed by atoms with Crippen LogP contribution in [0.4, 0.5) is 5.82 Å². The van der Waals surface area contributed by atoms with Gasteiger partial charge in [-0.2, -0.15) is 0 Å². The number of anilines is 1. The van der Waals surface area contributed by atoms with Crippen molar-refractivity contribution < 1.29 is 5.11 Å². The van der Waals surface area contributed by atoms with Gasteiger partial charge in [0.2, 0.25) is 0 Å². The van der Waals surface area contributed by atoms with Crippen LogP contribution in [0.5, 0.6) is 0 Å². The zero-order valence-corrected chi connectivity index (χ0v) is 9.87. The minimum absolute atomic E-state index is 0.0374. The molecular weight excluding hydrogens is 212 g/mol. The molecule has 2 rings (SSSR count). The maximum Gasteiger partial charge on any atom is 0.128 e. The molecule has 0 spiro atoms. The van der Waals surface area contributed by atoms with Gasteiger partial charge in [-0.05, 0) is 17.2 Å². The van der Waals surface area contributed by atoms with Gasteiger partial charge in [0.25, 0.3) is 0 Å². The van der Waals surface area contributed by atoms with Gasteiger partial charge in [0, 0.05) is 19.8 Å². The Hall–Kier alpha value is -1.87. The standard InChI is InChI=1S/C14H16N2O/c1-16(10-12-5-3-2-4-6-12)14-8-7-13(11-17)9-15-14/h2-9,17H,10-11H2,1H3. The second-order valence-corrected chi connectivity index (χ2v) is 4.02. The normalized spacial score (nSPS) is 10.2. The summed E-state index contributed by atoms with van der Waals surface area (Å²) in [4.78, 5) is 6.39. The minimum Gasteiger partial charge on any atom is -0.392 e. The first-order valence-corrected chi connectivity index (χ1v) is 5.60. The molecule has 3 nitrogen and oxygen atoms in total. The van der Waals surface area contributed by atoms with E-state index in [2.05, 4.69) is 22.0 Å². The van der Waals surface area contributed by atoms with Crippen molar-refractivity contribution in [2.45, 2.75) is 13.2 Å². The highest BCUT2D eigenvalue weighted by atomic mass is 16.3. The highest BCUT2D eigenvalue weighted by molar-refractivity contribution is 5.39. The zero-order chi connectivity index (χ0) is 12.1. The molecule has 0 saturated carbocycles. The number of hydrogen-bond acceptors (Lipinski definition) is 3. The van der Waals surface area contributed by atoms with E-state index in [1.807, 2.05) is 37.4 Å². The van der Waals surface area contributed by atoms with Crippen molar-refractivity contribution in [1.82, 2.24) is 4.98 Å². The van der Waals surface area contributed by atoms with Crippen LogP contribution in [0, 0.1) is 0 Å². The van der Waals surface area contributed by atoms with E-state index >= 15 is 0 Å². The van der Waals surface area contributed by atoms with E-state index in [0.29, 0.717) is 0 Å². The Morgan fingerprint density at radius 3 is 2.41 bits per heavy atom. The molecule has 0 unspecified atom stereocenters. The molecule has 0 aliphatic rings. The van der Waals surface area contributed by atoms with Gasteiger partial charge in [-0.1, -0.05) is 36.4 Å². The van der Waals surface area contributed by atoms with Crippen LogP contribution in [-0.4, -0.2) is 17.1 Å². The Bertz CT molecular complexity index is 453. The molecule has 0 fully saturated rings. The maximum atomic E-state index is 8.95. The van der Waals surface area contributed by atoms with E-state index in [1.54, 1.807) is 6.20 Å². The third-order valence-corrected chi connectivity index (χ3v) is 2.65.